The van der Waals surface area contributed by atoms with Crippen LogP contribution in [0.1, 0.15) is 6.92 Å². The molecule has 0 saturated carbocycles. The number of carbonyl (C=O) groups is 1. The minimum Gasteiger partial charge on any atom is -0.493 e. The van der Waals surface area contributed by atoms with E-state index < -0.39 is 22.0 Å². The van der Waals surface area contributed by atoms with E-state index in [2.05, 4.69) is 5.32 Å². The summed E-state index contributed by atoms with van der Waals surface area (Å²) in [4.78, 5) is 12.5. The molecule has 0 aromatic heterocycles. The zero-order valence-corrected chi connectivity index (χ0v) is 17.5. The Balaban J connectivity index is 1.98. The third kappa shape index (κ3) is 5.77. The molecule has 0 heterocycles. The number of benzene rings is 2. The maximum atomic E-state index is 12.5. The molecule has 2 aromatic carbocycles. The Labute approximate surface area is 170 Å². The van der Waals surface area contributed by atoms with Crippen LogP contribution in [0.5, 0.6) is 11.5 Å². The number of halogens is 1. The number of rotatable bonds is 9. The Bertz CT molecular complexity index is 903. The summed E-state index contributed by atoms with van der Waals surface area (Å²) in [6.45, 7) is 1.93. The van der Waals surface area contributed by atoms with Gasteiger partial charge in [-0.3, -0.25) is 9.10 Å². The van der Waals surface area contributed by atoms with Crippen LogP contribution in [0.25, 0.3) is 0 Å². The van der Waals surface area contributed by atoms with Crippen LogP contribution < -0.4 is 19.1 Å². The van der Waals surface area contributed by atoms with Gasteiger partial charge in [0.1, 0.15) is 12.6 Å². The molecule has 0 bridgehead atoms. The first-order valence-electron chi connectivity index (χ1n) is 8.52. The standard InChI is InChI=1S/C19H23ClN2O5S/c1-14(22(28(3,24)25)16-10-8-15(20)9-11-16)19(23)21-12-13-27-18-7-5-4-6-17(18)26-2/h4-11,14H,12-13H2,1-3H3,(H,21,23)/t14-/m0/s1. The summed E-state index contributed by atoms with van der Waals surface area (Å²) < 4.78 is 36.3. The molecule has 152 valence electrons. The Morgan fingerprint density at radius 1 is 1.14 bits per heavy atom. The van der Waals surface area contributed by atoms with Gasteiger partial charge in [-0.15, -0.1) is 0 Å². The summed E-state index contributed by atoms with van der Waals surface area (Å²) in [5.74, 6) is 0.711. The van der Waals surface area contributed by atoms with Gasteiger partial charge >= 0.3 is 0 Å². The average Bonchev–Trinajstić information content (AvgIpc) is 2.66. The van der Waals surface area contributed by atoms with Gasteiger partial charge in [-0.1, -0.05) is 23.7 Å². The lowest BCUT2D eigenvalue weighted by Gasteiger charge is -2.28. The van der Waals surface area contributed by atoms with Crippen LogP contribution in [0.4, 0.5) is 5.69 Å². The first kappa shape index (κ1) is 21.8. The molecule has 2 rings (SSSR count). The number of amides is 1. The molecule has 2 aromatic rings. The fourth-order valence-electron chi connectivity index (χ4n) is 2.62. The van der Waals surface area contributed by atoms with Crippen LogP contribution in [-0.4, -0.2) is 46.9 Å². The molecule has 7 nitrogen and oxygen atoms in total. The zero-order valence-electron chi connectivity index (χ0n) is 15.9. The smallest absolute Gasteiger partial charge is 0.243 e. The van der Waals surface area contributed by atoms with Crippen molar-refractivity contribution in [2.24, 2.45) is 0 Å². The number of para-hydroxylation sites is 2. The molecule has 0 saturated heterocycles. The Morgan fingerprint density at radius 2 is 1.75 bits per heavy atom. The van der Waals surface area contributed by atoms with Gasteiger partial charge in [0.15, 0.2) is 11.5 Å². The van der Waals surface area contributed by atoms with Gasteiger partial charge in [-0.2, -0.15) is 0 Å². The van der Waals surface area contributed by atoms with Gasteiger partial charge < -0.3 is 14.8 Å². The van der Waals surface area contributed by atoms with Crippen LogP contribution in [0.3, 0.4) is 0 Å². The molecule has 9 heteroatoms. The van der Waals surface area contributed by atoms with Gasteiger partial charge in [0.05, 0.1) is 25.6 Å². The van der Waals surface area contributed by atoms with Crippen molar-refractivity contribution >= 4 is 33.2 Å². The molecule has 28 heavy (non-hydrogen) atoms. The van der Waals surface area contributed by atoms with Crippen molar-refractivity contribution in [3.05, 3.63) is 53.6 Å². The van der Waals surface area contributed by atoms with E-state index in [0.717, 1.165) is 10.6 Å². The Kier molecular flexibility index (Phi) is 7.53. The van der Waals surface area contributed by atoms with Crippen molar-refractivity contribution in [3.8, 4) is 11.5 Å². The van der Waals surface area contributed by atoms with Crippen LogP contribution in [0.2, 0.25) is 5.02 Å². The van der Waals surface area contributed by atoms with E-state index in [9.17, 15) is 13.2 Å². The first-order valence-corrected chi connectivity index (χ1v) is 10.7. The van der Waals surface area contributed by atoms with Gasteiger partial charge in [0.2, 0.25) is 15.9 Å². The topological polar surface area (TPSA) is 84.9 Å². The van der Waals surface area contributed by atoms with Crippen molar-refractivity contribution < 1.29 is 22.7 Å². The van der Waals surface area contributed by atoms with E-state index in [4.69, 9.17) is 21.1 Å². The number of ether oxygens (including phenoxy) is 2. The predicted molar refractivity (Wildman–Crippen MR) is 110 cm³/mol. The normalized spacial score (nSPS) is 12.1. The van der Waals surface area contributed by atoms with Gasteiger partial charge in [0, 0.05) is 5.02 Å². The second-order valence-corrected chi connectivity index (χ2v) is 8.30. The summed E-state index contributed by atoms with van der Waals surface area (Å²) in [5, 5.41) is 3.16. The maximum absolute atomic E-state index is 12.5. The number of hydrogen-bond donors (Lipinski definition) is 1. The number of methoxy groups -OCH3 is 1. The molecule has 0 aliphatic heterocycles. The average molecular weight is 427 g/mol. The zero-order chi connectivity index (χ0) is 20.7. The number of nitrogens with zero attached hydrogens (tertiary/aromatic N) is 1. The first-order chi connectivity index (χ1) is 13.2. The van der Waals surface area contributed by atoms with Crippen LogP contribution in [-0.2, 0) is 14.8 Å². The third-order valence-corrected chi connectivity index (χ3v) is 5.39. The van der Waals surface area contributed by atoms with Crippen molar-refractivity contribution in [3.63, 3.8) is 0 Å². The Morgan fingerprint density at radius 3 is 2.32 bits per heavy atom. The van der Waals surface area contributed by atoms with E-state index in [0.29, 0.717) is 22.2 Å². The maximum Gasteiger partial charge on any atom is 0.243 e. The minimum absolute atomic E-state index is 0.207. The molecule has 0 spiro atoms. The highest BCUT2D eigenvalue weighted by Crippen LogP contribution is 2.25. The number of sulfonamides is 1. The van der Waals surface area contributed by atoms with E-state index in [1.54, 1.807) is 43.5 Å². The molecule has 0 aliphatic carbocycles. The quantitative estimate of drug-likeness (QED) is 0.623. The predicted octanol–water partition coefficient (Wildman–Crippen LogP) is 2.70. The SMILES string of the molecule is COc1ccccc1OCCNC(=O)[C@H](C)N(c1ccc(Cl)cc1)S(C)(=O)=O. The van der Waals surface area contributed by atoms with Crippen molar-refractivity contribution in [2.75, 3.05) is 30.8 Å². The summed E-state index contributed by atoms with van der Waals surface area (Å²) in [6.07, 6.45) is 1.05. The number of carbonyl (C=O) groups excluding carboxylic acids is 1. The molecule has 0 radical (unpaired) electrons. The fraction of sp³-hybridized carbons (Fsp3) is 0.316. The fourth-order valence-corrected chi connectivity index (χ4v) is 3.92. The third-order valence-electron chi connectivity index (χ3n) is 3.90. The Hall–Kier alpha value is -2.45. The van der Waals surface area contributed by atoms with E-state index in [-0.39, 0.29) is 13.2 Å². The highest BCUT2D eigenvalue weighted by molar-refractivity contribution is 7.92. The molecule has 1 atom stereocenters. The van der Waals surface area contributed by atoms with Crippen LogP contribution in [0.15, 0.2) is 48.5 Å². The molecular weight excluding hydrogens is 404 g/mol. The lowest BCUT2D eigenvalue weighted by molar-refractivity contribution is -0.121. The number of hydrogen-bond acceptors (Lipinski definition) is 5. The second kappa shape index (κ2) is 9.66. The molecule has 1 N–H and O–H groups in total. The lowest BCUT2D eigenvalue weighted by Crippen LogP contribution is -2.48. The molecule has 1 amide bonds. The largest absolute Gasteiger partial charge is 0.493 e. The van der Waals surface area contributed by atoms with Crippen molar-refractivity contribution in [1.82, 2.24) is 5.32 Å². The van der Waals surface area contributed by atoms with Crippen LogP contribution >= 0.6 is 11.6 Å². The minimum atomic E-state index is -3.68. The second-order valence-electron chi connectivity index (χ2n) is 6.00. The summed E-state index contributed by atoms with van der Waals surface area (Å²) in [7, 11) is -2.13. The van der Waals surface area contributed by atoms with Gasteiger partial charge in [-0.05, 0) is 43.3 Å². The van der Waals surface area contributed by atoms with Gasteiger partial charge in [0.25, 0.3) is 0 Å². The van der Waals surface area contributed by atoms with E-state index >= 15 is 0 Å². The van der Waals surface area contributed by atoms with Crippen LogP contribution in [0, 0.1) is 0 Å². The summed E-state index contributed by atoms with van der Waals surface area (Å²) in [6, 6.07) is 12.5. The number of nitrogens with one attached hydrogen (secondary N) is 1. The number of anilines is 1. The summed E-state index contributed by atoms with van der Waals surface area (Å²) >= 11 is 5.86. The molecule has 0 unspecified atom stereocenters. The molecule has 0 fully saturated rings. The monoisotopic (exact) mass is 426 g/mol. The van der Waals surface area contributed by atoms with Crippen molar-refractivity contribution in [2.45, 2.75) is 13.0 Å². The summed E-state index contributed by atoms with van der Waals surface area (Å²) in [5.41, 5.74) is 0.361. The highest BCUT2D eigenvalue weighted by atomic mass is 35.5. The van der Waals surface area contributed by atoms with Crippen molar-refractivity contribution in [1.29, 1.82) is 0 Å². The van der Waals surface area contributed by atoms with E-state index in [1.807, 2.05) is 12.1 Å². The van der Waals surface area contributed by atoms with Gasteiger partial charge in [-0.25, -0.2) is 8.42 Å². The molecule has 0 aliphatic rings. The molecular formula is C19H23ClN2O5S. The lowest BCUT2D eigenvalue weighted by atomic mass is 10.2. The van der Waals surface area contributed by atoms with E-state index in [1.165, 1.54) is 6.92 Å². The highest BCUT2D eigenvalue weighted by Gasteiger charge is 2.28.